The third kappa shape index (κ3) is 4.94. The Morgan fingerprint density at radius 2 is 1.97 bits per heavy atom. The minimum atomic E-state index is -1.04. The van der Waals surface area contributed by atoms with Gasteiger partial charge in [0, 0.05) is 16.3 Å². The Hall–Kier alpha value is -2.37. The minimum Gasteiger partial charge on any atom is -0.481 e. The molecule has 0 radical (unpaired) electrons. The number of unbranched alkanes of at least 4 members (excludes halogenated alkanes) is 1. The van der Waals surface area contributed by atoms with E-state index in [4.69, 9.17) is 16.6 Å². The molecule has 1 N–H and O–H groups in total. The van der Waals surface area contributed by atoms with Gasteiger partial charge in [0.25, 0.3) is 0 Å². The van der Waals surface area contributed by atoms with Gasteiger partial charge in [-0.15, -0.1) is 11.3 Å². The highest BCUT2D eigenvalue weighted by Crippen LogP contribution is 2.42. The normalized spacial score (nSPS) is 12.7. The highest BCUT2D eigenvalue weighted by molar-refractivity contribution is 7.11. The van der Waals surface area contributed by atoms with Crippen molar-refractivity contribution in [3.8, 4) is 0 Å². The van der Waals surface area contributed by atoms with Gasteiger partial charge >= 0.3 is 5.97 Å². The molecular weight excluding hydrogens is 428 g/mol. The molecule has 164 valence electrons. The van der Waals surface area contributed by atoms with Gasteiger partial charge < -0.3 is 9.67 Å². The molecule has 0 spiro atoms. The van der Waals surface area contributed by atoms with Crippen molar-refractivity contribution in [3.63, 3.8) is 0 Å². The number of allylic oxidation sites excluding steroid dienone is 1. The fourth-order valence-electron chi connectivity index (χ4n) is 3.84. The Kier molecular flexibility index (Phi) is 7.39. The molecule has 0 unspecified atom stereocenters. The van der Waals surface area contributed by atoms with Gasteiger partial charge in [-0.3, -0.25) is 4.79 Å². The first-order valence-corrected chi connectivity index (χ1v) is 11.8. The molecule has 0 saturated carbocycles. The molecule has 0 fully saturated rings. The zero-order valence-electron chi connectivity index (χ0n) is 18.5. The van der Waals surface area contributed by atoms with Crippen molar-refractivity contribution in [3.05, 3.63) is 75.0 Å². The number of thiophene rings is 1. The number of carboxylic acid groups (broad SMARTS) is 1. The quantitative estimate of drug-likeness (QED) is 0.376. The van der Waals surface area contributed by atoms with Crippen molar-refractivity contribution < 1.29 is 9.90 Å². The van der Waals surface area contributed by atoms with Gasteiger partial charge in [-0.25, -0.2) is 4.98 Å². The van der Waals surface area contributed by atoms with Gasteiger partial charge in [-0.2, -0.15) is 0 Å². The summed E-state index contributed by atoms with van der Waals surface area (Å²) in [5, 5.41) is 12.7. The number of aliphatic carboxylic acids is 1. The number of carboxylic acids is 1. The number of aromatic nitrogens is 2. The molecule has 0 amide bonds. The maximum absolute atomic E-state index is 12.2. The van der Waals surface area contributed by atoms with Gasteiger partial charge in [-0.1, -0.05) is 49.2 Å². The maximum Gasteiger partial charge on any atom is 0.313 e. The van der Waals surface area contributed by atoms with Crippen molar-refractivity contribution in [1.29, 1.82) is 0 Å². The first-order chi connectivity index (χ1) is 14.8. The number of nitrogens with zero attached hydrogens (tertiary/aromatic N) is 2. The number of carbonyl (C=O) groups is 1. The number of benzene rings is 1. The van der Waals surface area contributed by atoms with Crippen LogP contribution in [0.4, 0.5) is 0 Å². The molecule has 0 aliphatic rings. The van der Waals surface area contributed by atoms with Gasteiger partial charge in [0.15, 0.2) is 0 Å². The van der Waals surface area contributed by atoms with Crippen LogP contribution < -0.4 is 0 Å². The van der Waals surface area contributed by atoms with Gasteiger partial charge in [-0.05, 0) is 61.4 Å². The summed E-state index contributed by atoms with van der Waals surface area (Å²) in [5.74, 6) is 0.147. The lowest BCUT2D eigenvalue weighted by Gasteiger charge is -2.26. The third-order valence-corrected chi connectivity index (χ3v) is 6.92. The molecule has 3 rings (SSSR count). The molecule has 2 heterocycles. The van der Waals surface area contributed by atoms with Gasteiger partial charge in [0.1, 0.15) is 5.82 Å². The predicted molar refractivity (Wildman–Crippen MR) is 130 cm³/mol. The van der Waals surface area contributed by atoms with Crippen LogP contribution in [-0.2, 0) is 17.8 Å². The van der Waals surface area contributed by atoms with Crippen LogP contribution in [0.25, 0.3) is 11.1 Å². The van der Waals surface area contributed by atoms with Crippen LogP contribution in [0.1, 0.15) is 62.5 Å². The Labute approximate surface area is 193 Å². The SMILES string of the molecule is CCCCc1ncc(/C(C)=C(/c2cccs2)C(C)(C)C(=O)O)n1Cc1ccccc1Cl. The lowest BCUT2D eigenvalue weighted by Crippen LogP contribution is -2.26. The average molecular weight is 457 g/mol. The van der Waals surface area contributed by atoms with E-state index in [-0.39, 0.29) is 0 Å². The maximum atomic E-state index is 12.2. The lowest BCUT2D eigenvalue weighted by atomic mass is 9.80. The fraction of sp³-hybridized carbons (Fsp3) is 0.360. The second-order valence-electron chi connectivity index (χ2n) is 8.25. The van der Waals surface area contributed by atoms with E-state index in [1.165, 1.54) is 0 Å². The van der Waals surface area contributed by atoms with E-state index < -0.39 is 11.4 Å². The molecule has 0 aliphatic heterocycles. The fourth-order valence-corrected chi connectivity index (χ4v) is 5.02. The highest BCUT2D eigenvalue weighted by atomic mass is 35.5. The molecule has 31 heavy (non-hydrogen) atoms. The van der Waals surface area contributed by atoms with Crippen molar-refractivity contribution in [2.75, 3.05) is 0 Å². The molecule has 4 nitrogen and oxygen atoms in total. The number of aryl methyl sites for hydroxylation is 1. The van der Waals surface area contributed by atoms with E-state index in [0.29, 0.717) is 6.54 Å². The third-order valence-electron chi connectivity index (χ3n) is 5.66. The second kappa shape index (κ2) is 9.84. The molecule has 0 atom stereocenters. The van der Waals surface area contributed by atoms with E-state index in [0.717, 1.165) is 57.4 Å². The first-order valence-electron chi connectivity index (χ1n) is 10.5. The van der Waals surface area contributed by atoms with E-state index in [1.54, 1.807) is 25.2 Å². The summed E-state index contributed by atoms with van der Waals surface area (Å²) in [4.78, 5) is 17.9. The molecule has 0 saturated heterocycles. The molecule has 0 aliphatic carbocycles. The van der Waals surface area contributed by atoms with E-state index in [2.05, 4.69) is 11.5 Å². The zero-order chi connectivity index (χ0) is 22.6. The van der Waals surface area contributed by atoms with Crippen molar-refractivity contribution in [1.82, 2.24) is 9.55 Å². The largest absolute Gasteiger partial charge is 0.481 e. The van der Waals surface area contributed by atoms with Crippen LogP contribution >= 0.6 is 22.9 Å². The standard InChI is InChI=1S/C25H29ClN2O2S/c1-5-6-13-22-27-15-20(28(22)16-18-10-7-8-11-19(18)26)17(2)23(21-12-9-14-31-21)25(3,4)24(29)30/h7-12,14-15H,5-6,13,16H2,1-4H3,(H,29,30)/b23-17-. The summed E-state index contributed by atoms with van der Waals surface area (Å²) < 4.78 is 2.19. The van der Waals surface area contributed by atoms with E-state index in [9.17, 15) is 9.90 Å². The molecule has 2 aromatic heterocycles. The Balaban J connectivity index is 2.20. The minimum absolute atomic E-state index is 0.594. The zero-order valence-corrected chi connectivity index (χ0v) is 20.1. The monoisotopic (exact) mass is 456 g/mol. The lowest BCUT2D eigenvalue weighted by molar-refractivity contribution is -0.143. The van der Waals surface area contributed by atoms with Gasteiger partial charge in [0.2, 0.25) is 0 Å². The average Bonchev–Trinajstić information content (AvgIpc) is 3.38. The summed E-state index contributed by atoms with van der Waals surface area (Å²) in [5.41, 5.74) is 2.65. The Morgan fingerprint density at radius 1 is 1.23 bits per heavy atom. The molecule has 3 aromatic rings. The van der Waals surface area contributed by atoms with Gasteiger partial charge in [0.05, 0.1) is 23.9 Å². The molecule has 6 heteroatoms. The highest BCUT2D eigenvalue weighted by Gasteiger charge is 2.35. The summed E-state index contributed by atoms with van der Waals surface area (Å²) in [6.45, 7) is 8.29. The first kappa shape index (κ1) is 23.3. The van der Waals surface area contributed by atoms with Crippen LogP contribution in [0, 0.1) is 5.41 Å². The van der Waals surface area contributed by atoms with Crippen LogP contribution in [-0.4, -0.2) is 20.6 Å². The van der Waals surface area contributed by atoms with Crippen LogP contribution in [0.5, 0.6) is 0 Å². The van der Waals surface area contributed by atoms with E-state index >= 15 is 0 Å². The number of hydrogen-bond acceptors (Lipinski definition) is 3. The Bertz CT molecular complexity index is 1080. The van der Waals surface area contributed by atoms with Crippen molar-refractivity contribution in [2.45, 2.75) is 53.5 Å². The molecule has 1 aromatic carbocycles. The molecule has 0 bridgehead atoms. The van der Waals surface area contributed by atoms with Crippen LogP contribution in [0.2, 0.25) is 5.02 Å². The number of rotatable bonds is 9. The number of imidazole rings is 1. The Morgan fingerprint density at radius 3 is 2.58 bits per heavy atom. The smallest absolute Gasteiger partial charge is 0.313 e. The van der Waals surface area contributed by atoms with Crippen LogP contribution in [0.15, 0.2) is 48.0 Å². The van der Waals surface area contributed by atoms with Crippen molar-refractivity contribution >= 4 is 40.1 Å². The number of halogens is 1. The summed E-state index contributed by atoms with van der Waals surface area (Å²) >= 11 is 8.03. The van der Waals surface area contributed by atoms with Crippen molar-refractivity contribution in [2.24, 2.45) is 5.41 Å². The summed E-state index contributed by atoms with van der Waals surface area (Å²) in [7, 11) is 0. The summed E-state index contributed by atoms with van der Waals surface area (Å²) in [6, 6.07) is 11.8. The predicted octanol–water partition coefficient (Wildman–Crippen LogP) is 7.03. The summed E-state index contributed by atoms with van der Waals surface area (Å²) in [6.07, 6.45) is 4.86. The molecular formula is C25H29ClN2O2S. The second-order valence-corrected chi connectivity index (χ2v) is 9.60. The van der Waals surface area contributed by atoms with Crippen LogP contribution in [0.3, 0.4) is 0 Å². The topological polar surface area (TPSA) is 55.1 Å². The van der Waals surface area contributed by atoms with E-state index in [1.807, 2.05) is 54.9 Å². The number of hydrogen-bond donors (Lipinski definition) is 1.